The van der Waals surface area contributed by atoms with Crippen molar-refractivity contribution in [1.29, 1.82) is 0 Å². The lowest BCUT2D eigenvalue weighted by molar-refractivity contribution is 0.326. The first-order chi connectivity index (χ1) is 10.3. The van der Waals surface area contributed by atoms with Crippen molar-refractivity contribution < 1.29 is 0 Å². The van der Waals surface area contributed by atoms with Gasteiger partial charge in [-0.2, -0.15) is 11.8 Å². The smallest absolute Gasteiger partial charge is 0.0488 e. The van der Waals surface area contributed by atoms with Crippen molar-refractivity contribution in [2.45, 2.75) is 45.3 Å². The number of hydrogen-bond donors (Lipinski definition) is 3. The zero-order valence-corrected chi connectivity index (χ0v) is 15.9. The van der Waals surface area contributed by atoms with Crippen LogP contribution in [0.4, 0.5) is 0 Å². The van der Waals surface area contributed by atoms with E-state index in [1.807, 2.05) is 13.1 Å². The molecule has 4 heteroatoms. The number of thioether (sulfide) groups is 1. The van der Waals surface area contributed by atoms with Gasteiger partial charge in [0.1, 0.15) is 0 Å². The predicted molar refractivity (Wildman–Crippen MR) is 103 cm³/mol. The molecule has 2 unspecified atom stereocenters. The second-order valence-corrected chi connectivity index (χ2v) is 7.63. The highest BCUT2D eigenvalue weighted by atomic mass is 32.2. The fourth-order valence-corrected chi connectivity index (χ4v) is 2.82. The molecule has 0 aliphatic carbocycles. The lowest BCUT2D eigenvalue weighted by Gasteiger charge is -2.31. The van der Waals surface area contributed by atoms with Gasteiger partial charge in [0, 0.05) is 22.1 Å². The predicted octanol–water partition coefficient (Wildman–Crippen LogP) is 4.08. The summed E-state index contributed by atoms with van der Waals surface area (Å²) in [7, 11) is 2.00. The van der Waals surface area contributed by atoms with Crippen LogP contribution in [-0.2, 0) is 0 Å². The number of nitrogens with one attached hydrogen (secondary N) is 3. The molecule has 0 bridgehead atoms. The van der Waals surface area contributed by atoms with Crippen LogP contribution in [0.2, 0.25) is 0 Å². The van der Waals surface area contributed by atoms with E-state index in [1.165, 1.54) is 6.42 Å². The summed E-state index contributed by atoms with van der Waals surface area (Å²) in [6.07, 6.45) is 7.21. The van der Waals surface area contributed by atoms with Gasteiger partial charge in [-0.15, -0.1) is 6.58 Å². The highest BCUT2D eigenvalue weighted by Gasteiger charge is 2.23. The summed E-state index contributed by atoms with van der Waals surface area (Å²) in [6, 6.07) is 0. The fraction of sp³-hybridized carbons (Fsp3) is 0.667. The van der Waals surface area contributed by atoms with Crippen LogP contribution in [0, 0.1) is 11.3 Å². The van der Waals surface area contributed by atoms with Crippen molar-refractivity contribution in [3.05, 3.63) is 37.2 Å². The van der Waals surface area contributed by atoms with Crippen LogP contribution in [-0.4, -0.2) is 25.1 Å². The Balaban J connectivity index is 4.33. The van der Waals surface area contributed by atoms with E-state index in [1.54, 1.807) is 11.8 Å². The molecule has 2 atom stereocenters. The monoisotopic (exact) mass is 325 g/mol. The van der Waals surface area contributed by atoms with Crippen LogP contribution in [0.3, 0.4) is 0 Å². The summed E-state index contributed by atoms with van der Waals surface area (Å²) in [5.74, 6) is 0.675. The van der Waals surface area contributed by atoms with Gasteiger partial charge in [-0.25, -0.2) is 0 Å². The Morgan fingerprint density at radius 1 is 1.27 bits per heavy atom. The maximum atomic E-state index is 4.20. The molecule has 3 N–H and O–H groups in total. The van der Waals surface area contributed by atoms with Crippen molar-refractivity contribution >= 4 is 11.8 Å². The van der Waals surface area contributed by atoms with E-state index >= 15 is 0 Å². The Bertz CT molecular complexity index is 363. The summed E-state index contributed by atoms with van der Waals surface area (Å²) < 4.78 is 0. The van der Waals surface area contributed by atoms with E-state index in [0.717, 1.165) is 30.8 Å². The van der Waals surface area contributed by atoms with Crippen molar-refractivity contribution in [3.63, 3.8) is 0 Å². The van der Waals surface area contributed by atoms with Crippen molar-refractivity contribution in [2.75, 3.05) is 19.8 Å². The number of allylic oxidation sites excluding steroid dienone is 2. The maximum absolute atomic E-state index is 4.20. The van der Waals surface area contributed by atoms with Crippen molar-refractivity contribution in [3.8, 4) is 0 Å². The van der Waals surface area contributed by atoms with E-state index in [0.29, 0.717) is 11.2 Å². The minimum atomic E-state index is 0.0442. The standard InChI is InChI=1S/C18H35N3S/c1-9-10-17(22-8)15(3)20-21-16(4)18(5,6)12-11-14(2)13-19-7/h9,14,17,19-21H,1,3-4,10-13H2,2,5-8H3. The summed E-state index contributed by atoms with van der Waals surface area (Å²) >= 11 is 1.77. The first kappa shape index (κ1) is 21.1. The topological polar surface area (TPSA) is 36.1 Å². The minimum absolute atomic E-state index is 0.0442. The van der Waals surface area contributed by atoms with Gasteiger partial charge in [0.15, 0.2) is 0 Å². The highest BCUT2D eigenvalue weighted by Crippen LogP contribution is 2.30. The molecule has 0 amide bonds. The normalized spacial score (nSPS) is 14.0. The molecule has 0 aromatic rings. The first-order valence-corrected chi connectivity index (χ1v) is 9.25. The molecule has 128 valence electrons. The molecule has 0 spiro atoms. The number of rotatable bonds is 13. The molecule has 0 fully saturated rings. The van der Waals surface area contributed by atoms with E-state index in [-0.39, 0.29) is 5.41 Å². The molecule has 0 aliphatic heterocycles. The number of hydrazine groups is 1. The van der Waals surface area contributed by atoms with Gasteiger partial charge < -0.3 is 16.2 Å². The largest absolute Gasteiger partial charge is 0.319 e. The third-order valence-electron chi connectivity index (χ3n) is 4.06. The average Bonchev–Trinajstić information content (AvgIpc) is 2.48. The molecule has 0 aromatic carbocycles. The second kappa shape index (κ2) is 10.8. The van der Waals surface area contributed by atoms with Crippen molar-refractivity contribution in [1.82, 2.24) is 16.2 Å². The van der Waals surface area contributed by atoms with Gasteiger partial charge in [0.05, 0.1) is 0 Å². The number of hydrogen-bond acceptors (Lipinski definition) is 4. The molecule has 0 rings (SSSR count). The quantitative estimate of drug-likeness (QED) is 0.352. The van der Waals surface area contributed by atoms with Crippen LogP contribution in [0.25, 0.3) is 0 Å². The zero-order chi connectivity index (χ0) is 17.2. The molecule has 0 saturated carbocycles. The van der Waals surface area contributed by atoms with Crippen LogP contribution >= 0.6 is 11.8 Å². The molecule has 0 saturated heterocycles. The Hall–Kier alpha value is -0.870. The molecule has 0 radical (unpaired) electrons. The molecule has 22 heavy (non-hydrogen) atoms. The highest BCUT2D eigenvalue weighted by molar-refractivity contribution is 7.99. The lowest BCUT2D eigenvalue weighted by atomic mass is 9.82. The Labute approximate surface area is 142 Å². The second-order valence-electron chi connectivity index (χ2n) is 6.59. The minimum Gasteiger partial charge on any atom is -0.319 e. The van der Waals surface area contributed by atoms with Gasteiger partial charge in [0.25, 0.3) is 0 Å². The Kier molecular flexibility index (Phi) is 10.4. The van der Waals surface area contributed by atoms with Gasteiger partial charge in [-0.1, -0.05) is 40.0 Å². The lowest BCUT2D eigenvalue weighted by Crippen LogP contribution is -2.38. The summed E-state index contributed by atoms with van der Waals surface area (Å²) in [5, 5.41) is 3.56. The van der Waals surface area contributed by atoms with Crippen LogP contribution in [0.5, 0.6) is 0 Å². The van der Waals surface area contributed by atoms with Crippen LogP contribution in [0.1, 0.15) is 40.0 Å². The van der Waals surface area contributed by atoms with Gasteiger partial charge in [-0.05, 0) is 45.0 Å². The molecular formula is C18H35N3S. The summed E-state index contributed by atoms with van der Waals surface area (Å²) in [5.41, 5.74) is 8.47. The third kappa shape index (κ3) is 7.95. The molecule has 3 nitrogen and oxygen atoms in total. The van der Waals surface area contributed by atoms with Gasteiger partial charge in [-0.3, -0.25) is 0 Å². The van der Waals surface area contributed by atoms with E-state index in [9.17, 15) is 0 Å². The van der Waals surface area contributed by atoms with Crippen molar-refractivity contribution in [2.24, 2.45) is 11.3 Å². The maximum Gasteiger partial charge on any atom is 0.0488 e. The molecule has 0 aliphatic rings. The summed E-state index contributed by atoms with van der Waals surface area (Å²) in [4.78, 5) is 0. The first-order valence-electron chi connectivity index (χ1n) is 7.97. The fourth-order valence-electron chi connectivity index (χ4n) is 2.15. The van der Waals surface area contributed by atoms with E-state index < -0.39 is 0 Å². The third-order valence-corrected chi connectivity index (χ3v) is 5.11. The molecular weight excluding hydrogens is 290 g/mol. The SMILES string of the molecule is C=CCC(SC)C(=C)NNC(=C)C(C)(C)CCC(C)CNC. The zero-order valence-electron chi connectivity index (χ0n) is 15.1. The molecule has 0 heterocycles. The molecule has 0 aromatic heterocycles. The Morgan fingerprint density at radius 2 is 1.91 bits per heavy atom. The Morgan fingerprint density at radius 3 is 2.41 bits per heavy atom. The van der Waals surface area contributed by atoms with Gasteiger partial charge in [0.2, 0.25) is 0 Å². The van der Waals surface area contributed by atoms with E-state index in [4.69, 9.17) is 0 Å². The van der Waals surface area contributed by atoms with Crippen LogP contribution in [0.15, 0.2) is 37.2 Å². The summed E-state index contributed by atoms with van der Waals surface area (Å²) in [6.45, 7) is 19.9. The van der Waals surface area contributed by atoms with Crippen LogP contribution < -0.4 is 16.2 Å². The van der Waals surface area contributed by atoms with Gasteiger partial charge >= 0.3 is 0 Å². The average molecular weight is 326 g/mol. The van der Waals surface area contributed by atoms with E-state index in [2.05, 4.69) is 62.9 Å².